The van der Waals surface area contributed by atoms with Crippen molar-refractivity contribution >= 4 is 18.0 Å². The summed E-state index contributed by atoms with van der Waals surface area (Å²) in [7, 11) is 1.85. The van der Waals surface area contributed by atoms with Crippen LogP contribution < -0.4 is 20.9 Å². The van der Waals surface area contributed by atoms with Gasteiger partial charge in [0.05, 0.1) is 6.20 Å². The Morgan fingerprint density at radius 3 is 2.36 bits per heavy atom. The number of nitrogen functional groups attached to an aromatic ring is 1. The van der Waals surface area contributed by atoms with Crippen LogP contribution in [0.2, 0.25) is 0 Å². The molecule has 1 atom stereocenters. The minimum Gasteiger partial charge on any atom is -0.504 e. The van der Waals surface area contributed by atoms with E-state index in [0.717, 1.165) is 22.9 Å². The monoisotopic (exact) mass is 634 g/mol. The van der Waals surface area contributed by atoms with Crippen molar-refractivity contribution in [3.63, 3.8) is 0 Å². The topological polar surface area (TPSA) is 160 Å². The summed E-state index contributed by atoms with van der Waals surface area (Å²) in [5.74, 6) is -5.18. The fourth-order valence-corrected chi connectivity index (χ4v) is 5.30. The van der Waals surface area contributed by atoms with E-state index >= 15 is 8.78 Å². The number of carbonyl (C=O) groups excluding carboxylic acids is 1. The Bertz CT molecular complexity index is 2070. The van der Waals surface area contributed by atoms with Crippen molar-refractivity contribution in [2.24, 2.45) is 16.5 Å². The first-order valence-corrected chi connectivity index (χ1v) is 14.3. The van der Waals surface area contributed by atoms with Crippen LogP contribution in [0.1, 0.15) is 27.7 Å². The number of aromatic hydroxyl groups is 1. The first kappa shape index (κ1) is 30.9. The molecule has 1 unspecified atom stereocenters. The summed E-state index contributed by atoms with van der Waals surface area (Å²) in [6.07, 6.45) is 1.93. The Labute approximate surface area is 268 Å². The Morgan fingerprint density at radius 2 is 1.66 bits per heavy atom. The van der Waals surface area contributed by atoms with Gasteiger partial charge < -0.3 is 26.0 Å². The number of nitrogens with two attached hydrogens (primary N) is 2. The summed E-state index contributed by atoms with van der Waals surface area (Å²) in [5, 5.41) is 17.9. The van der Waals surface area contributed by atoms with Gasteiger partial charge in [-0.3, -0.25) is 20.1 Å². The number of benzene rings is 4. The quantitative estimate of drug-likeness (QED) is 0.108. The third-order valence-corrected chi connectivity index (χ3v) is 7.63. The number of pyridine rings is 1. The lowest BCUT2D eigenvalue weighted by Crippen LogP contribution is -2.19. The van der Waals surface area contributed by atoms with Crippen molar-refractivity contribution in [2.75, 3.05) is 13.6 Å². The number of aromatic nitrogens is 1. The summed E-state index contributed by atoms with van der Waals surface area (Å²) in [6.45, 7) is 0.537. The number of phenols is 1. The second kappa shape index (κ2) is 12.7. The molecule has 1 aromatic heterocycles. The van der Waals surface area contributed by atoms with Crippen LogP contribution in [0, 0.1) is 17.0 Å². The molecule has 2 heterocycles. The van der Waals surface area contributed by atoms with Crippen LogP contribution in [0.15, 0.2) is 96.1 Å². The van der Waals surface area contributed by atoms with Gasteiger partial charge in [-0.05, 0) is 65.7 Å². The van der Waals surface area contributed by atoms with Crippen molar-refractivity contribution in [3.8, 4) is 51.1 Å². The molecule has 236 valence electrons. The zero-order chi connectivity index (χ0) is 33.2. The Hall–Kier alpha value is -6.14. The zero-order valence-electron chi connectivity index (χ0n) is 24.9. The van der Waals surface area contributed by atoms with E-state index in [9.17, 15) is 9.90 Å². The van der Waals surface area contributed by atoms with E-state index in [0.29, 0.717) is 23.2 Å². The van der Waals surface area contributed by atoms with Gasteiger partial charge >= 0.3 is 0 Å². The molecule has 0 saturated heterocycles. The number of amides is 1. The zero-order valence-corrected chi connectivity index (χ0v) is 24.9. The summed E-state index contributed by atoms with van der Waals surface area (Å²) in [5.41, 5.74) is 15.2. The number of halogens is 2. The normalized spacial score (nSPS) is 14.2. The molecule has 6 N–H and O–H groups in total. The Kier molecular flexibility index (Phi) is 8.34. The Balaban J connectivity index is 1.42. The fraction of sp³-hybridized carbons (Fsp3) is 0.0857. The van der Waals surface area contributed by atoms with Crippen LogP contribution >= 0.6 is 0 Å². The van der Waals surface area contributed by atoms with Gasteiger partial charge in [0.2, 0.25) is 17.5 Å². The lowest BCUT2D eigenvalue weighted by atomic mass is 9.90. The predicted octanol–water partition coefficient (Wildman–Crippen LogP) is 6.38. The Morgan fingerprint density at radius 1 is 0.936 bits per heavy atom. The van der Waals surface area contributed by atoms with Crippen LogP contribution in [-0.4, -0.2) is 46.5 Å². The van der Waals surface area contributed by atoms with Gasteiger partial charge in [0.25, 0.3) is 5.88 Å². The maximum Gasteiger partial charge on any atom is 0.260 e. The lowest BCUT2D eigenvalue weighted by molar-refractivity contribution is 0.100. The molecule has 0 aliphatic carbocycles. The maximum absolute atomic E-state index is 15.8. The number of phenolic OH excluding ortho intramolecular Hbond substituents is 1. The van der Waals surface area contributed by atoms with E-state index in [1.807, 2.05) is 54.4 Å². The number of primary amides is 1. The summed E-state index contributed by atoms with van der Waals surface area (Å²) in [6, 6.07) is 23.5. The average Bonchev–Trinajstić information content (AvgIpc) is 3.50. The van der Waals surface area contributed by atoms with Crippen molar-refractivity contribution in [3.05, 3.63) is 119 Å². The third kappa shape index (κ3) is 6.09. The second-order valence-corrected chi connectivity index (χ2v) is 10.7. The summed E-state index contributed by atoms with van der Waals surface area (Å²) >= 11 is 0. The van der Waals surface area contributed by atoms with Gasteiger partial charge in [-0.2, -0.15) is 4.39 Å². The molecule has 47 heavy (non-hydrogen) atoms. The van der Waals surface area contributed by atoms with Gasteiger partial charge in [0, 0.05) is 29.4 Å². The smallest absolute Gasteiger partial charge is 0.260 e. The first-order chi connectivity index (χ1) is 22.6. The van der Waals surface area contributed by atoms with E-state index in [1.54, 1.807) is 30.5 Å². The predicted molar refractivity (Wildman–Crippen MR) is 173 cm³/mol. The van der Waals surface area contributed by atoms with E-state index < -0.39 is 35.3 Å². The van der Waals surface area contributed by atoms with E-state index in [1.165, 1.54) is 18.2 Å². The second-order valence-electron chi connectivity index (χ2n) is 10.7. The lowest BCUT2D eigenvalue weighted by Gasteiger charge is -2.23. The fourth-order valence-electron chi connectivity index (χ4n) is 5.30. The molecule has 6 rings (SSSR count). The van der Waals surface area contributed by atoms with Crippen LogP contribution in [0.4, 0.5) is 8.78 Å². The number of carbonyl (C=O) groups is 1. The highest BCUT2D eigenvalue weighted by atomic mass is 19.1. The van der Waals surface area contributed by atoms with Gasteiger partial charge in [-0.25, -0.2) is 9.37 Å². The van der Waals surface area contributed by atoms with Crippen LogP contribution in [0.25, 0.3) is 22.3 Å². The van der Waals surface area contributed by atoms with Crippen molar-refractivity contribution in [1.82, 2.24) is 9.88 Å². The van der Waals surface area contributed by atoms with Gasteiger partial charge in [0.15, 0.2) is 17.3 Å². The van der Waals surface area contributed by atoms with E-state index in [-0.39, 0.29) is 28.6 Å². The highest BCUT2D eigenvalue weighted by Crippen LogP contribution is 2.42. The van der Waals surface area contributed by atoms with Crippen LogP contribution in [0.5, 0.6) is 28.9 Å². The molecular weight excluding hydrogens is 606 g/mol. The third-order valence-electron chi connectivity index (χ3n) is 7.63. The highest BCUT2D eigenvalue weighted by molar-refractivity contribution is 6.02. The van der Waals surface area contributed by atoms with Crippen molar-refractivity contribution in [2.45, 2.75) is 6.17 Å². The molecular formula is C35H28F2N6O4. The molecule has 0 bridgehead atoms. The molecule has 1 aliphatic rings. The molecule has 4 aromatic carbocycles. The summed E-state index contributed by atoms with van der Waals surface area (Å²) in [4.78, 5) is 22.5. The standard InChI is InChI=1S/C35H28F2N6O4/c1-43-15-14-41-34(43)25-16-19(21-6-2-3-7-22(21)23-8-4-5-9-24(23)33(40)45)11-13-28(25)46-31-26(36)18-42-35(30(31)37)47-29-17-20(32(38)39)10-12-27(29)44/h2-14,16-18,34,44H,15H2,1H3,(H3,38,39)(H2,40,45). The largest absolute Gasteiger partial charge is 0.504 e. The van der Waals surface area contributed by atoms with Gasteiger partial charge in [-0.15, -0.1) is 0 Å². The molecule has 0 spiro atoms. The van der Waals surface area contributed by atoms with Crippen molar-refractivity contribution < 1.29 is 28.2 Å². The van der Waals surface area contributed by atoms with Crippen LogP contribution in [-0.2, 0) is 0 Å². The number of amidine groups is 1. The SMILES string of the molecule is CN1CC=NC1c1cc(-c2ccccc2-c2ccccc2C(N)=O)ccc1Oc1c(F)cnc(Oc2cc(C(=N)N)ccc2O)c1F. The van der Waals surface area contributed by atoms with E-state index in [2.05, 4.69) is 9.98 Å². The van der Waals surface area contributed by atoms with Gasteiger partial charge in [-0.1, -0.05) is 48.5 Å². The van der Waals surface area contributed by atoms with Crippen molar-refractivity contribution in [1.29, 1.82) is 5.41 Å². The first-order valence-electron chi connectivity index (χ1n) is 14.3. The van der Waals surface area contributed by atoms with Gasteiger partial charge in [0.1, 0.15) is 17.8 Å². The van der Waals surface area contributed by atoms with Crippen LogP contribution in [0.3, 0.4) is 0 Å². The summed E-state index contributed by atoms with van der Waals surface area (Å²) < 4.78 is 42.3. The maximum atomic E-state index is 15.8. The molecule has 5 aromatic rings. The van der Waals surface area contributed by atoms with E-state index in [4.69, 9.17) is 26.4 Å². The molecule has 10 nitrogen and oxygen atoms in total. The number of ether oxygens (including phenoxy) is 2. The molecule has 12 heteroatoms. The number of aliphatic imine (C=N–C) groups is 1. The molecule has 0 fully saturated rings. The minimum absolute atomic E-state index is 0.121. The molecule has 1 aliphatic heterocycles. The minimum atomic E-state index is -1.26. The number of hydrogen-bond acceptors (Lipinski definition) is 8. The number of rotatable bonds is 9. The molecule has 1 amide bonds. The molecule has 0 radical (unpaired) electrons. The number of nitrogens with one attached hydrogen (secondary N) is 1. The number of hydrogen-bond donors (Lipinski definition) is 4. The number of nitrogens with zero attached hydrogens (tertiary/aromatic N) is 3. The highest BCUT2D eigenvalue weighted by Gasteiger charge is 2.27. The molecule has 0 saturated carbocycles. The average molecular weight is 635 g/mol.